The van der Waals surface area contributed by atoms with Crippen LogP contribution in [0.4, 0.5) is 0 Å². The molecule has 98 valence electrons. The Morgan fingerprint density at radius 1 is 1.47 bits per heavy atom. The Morgan fingerprint density at radius 3 is 2.82 bits per heavy atom. The van der Waals surface area contributed by atoms with E-state index in [0.717, 1.165) is 13.1 Å². The van der Waals surface area contributed by atoms with Gasteiger partial charge in [-0.15, -0.1) is 11.3 Å². The van der Waals surface area contributed by atoms with Crippen molar-refractivity contribution in [3.05, 3.63) is 22.4 Å². The van der Waals surface area contributed by atoms with Crippen molar-refractivity contribution in [1.29, 1.82) is 0 Å². The van der Waals surface area contributed by atoms with Gasteiger partial charge in [0, 0.05) is 35.8 Å². The van der Waals surface area contributed by atoms with Crippen molar-refractivity contribution in [2.24, 2.45) is 0 Å². The number of hydrogen-bond donors (Lipinski definition) is 1. The molecule has 0 spiro atoms. The lowest BCUT2D eigenvalue weighted by atomic mass is 10.2. The summed E-state index contributed by atoms with van der Waals surface area (Å²) in [5.74, 6) is 1.21. The van der Waals surface area contributed by atoms with Crippen LogP contribution in [0.2, 0.25) is 0 Å². The van der Waals surface area contributed by atoms with Crippen LogP contribution < -0.4 is 5.32 Å². The Hall–Kier alpha value is -0.0300. The van der Waals surface area contributed by atoms with Crippen LogP contribution in [-0.2, 0) is 0 Å². The first-order valence-corrected chi connectivity index (χ1v) is 8.38. The van der Waals surface area contributed by atoms with Crippen molar-refractivity contribution in [3.8, 4) is 0 Å². The van der Waals surface area contributed by atoms with Crippen molar-refractivity contribution in [1.82, 2.24) is 10.2 Å². The number of thiophene rings is 1. The molecule has 2 unspecified atom stereocenters. The first kappa shape index (κ1) is 15.0. The van der Waals surface area contributed by atoms with Crippen LogP contribution in [-0.4, -0.2) is 43.1 Å². The predicted octanol–water partition coefficient (Wildman–Crippen LogP) is 3.08. The lowest BCUT2D eigenvalue weighted by Gasteiger charge is -2.24. The predicted molar refractivity (Wildman–Crippen MR) is 81.2 cm³/mol. The molecule has 0 aliphatic carbocycles. The van der Waals surface area contributed by atoms with Gasteiger partial charge in [-0.3, -0.25) is 0 Å². The number of nitrogens with zero attached hydrogens (tertiary/aromatic N) is 1. The molecule has 1 heterocycles. The molecule has 4 heteroatoms. The van der Waals surface area contributed by atoms with E-state index in [4.69, 9.17) is 0 Å². The smallest absolute Gasteiger partial charge is 0.0386 e. The molecule has 0 aliphatic rings. The molecule has 2 atom stereocenters. The molecule has 0 aromatic carbocycles. The average Bonchev–Trinajstić information content (AvgIpc) is 2.82. The Labute approximate surface area is 114 Å². The molecule has 1 aromatic heterocycles. The second-order valence-electron chi connectivity index (χ2n) is 4.48. The van der Waals surface area contributed by atoms with Crippen molar-refractivity contribution in [2.75, 3.05) is 32.1 Å². The van der Waals surface area contributed by atoms with Gasteiger partial charge >= 0.3 is 0 Å². The molecule has 0 fully saturated rings. The number of nitrogens with one attached hydrogen (secondary N) is 1. The average molecular weight is 272 g/mol. The van der Waals surface area contributed by atoms with Gasteiger partial charge in [-0.1, -0.05) is 6.07 Å². The second-order valence-corrected chi connectivity index (χ2v) is 6.37. The highest BCUT2D eigenvalue weighted by Gasteiger charge is 2.09. The molecule has 0 radical (unpaired) electrons. The zero-order valence-corrected chi connectivity index (χ0v) is 12.9. The van der Waals surface area contributed by atoms with E-state index in [1.54, 1.807) is 0 Å². The van der Waals surface area contributed by atoms with E-state index >= 15 is 0 Å². The fourth-order valence-corrected chi connectivity index (χ4v) is 3.18. The topological polar surface area (TPSA) is 15.3 Å². The summed E-state index contributed by atoms with van der Waals surface area (Å²) in [5.41, 5.74) is 0. The van der Waals surface area contributed by atoms with Crippen molar-refractivity contribution in [2.45, 2.75) is 25.9 Å². The summed E-state index contributed by atoms with van der Waals surface area (Å²) >= 11 is 3.74. The van der Waals surface area contributed by atoms with E-state index in [1.165, 1.54) is 10.6 Å². The number of hydrogen-bond acceptors (Lipinski definition) is 4. The first-order valence-electron chi connectivity index (χ1n) is 6.11. The van der Waals surface area contributed by atoms with E-state index < -0.39 is 0 Å². The fourth-order valence-electron chi connectivity index (χ4n) is 1.68. The molecule has 2 nitrogen and oxygen atoms in total. The van der Waals surface area contributed by atoms with Crippen molar-refractivity contribution in [3.63, 3.8) is 0 Å². The van der Waals surface area contributed by atoms with Crippen LogP contribution in [0.25, 0.3) is 0 Å². The number of thioether (sulfide) groups is 1. The summed E-state index contributed by atoms with van der Waals surface area (Å²) in [6, 6.07) is 5.44. The van der Waals surface area contributed by atoms with Crippen LogP contribution in [0.1, 0.15) is 24.8 Å². The Kier molecular flexibility index (Phi) is 7.19. The molecule has 1 rings (SSSR count). The van der Waals surface area contributed by atoms with Crippen LogP contribution >= 0.6 is 23.1 Å². The molecule has 1 aromatic rings. The summed E-state index contributed by atoms with van der Waals surface area (Å²) in [4.78, 5) is 3.84. The van der Waals surface area contributed by atoms with Gasteiger partial charge in [0.25, 0.3) is 0 Å². The maximum atomic E-state index is 3.57. The number of likely N-dealkylation sites (N-methyl/N-ethyl adjacent to an activating group) is 1. The zero-order chi connectivity index (χ0) is 12.7. The fraction of sp³-hybridized carbons (Fsp3) is 0.692. The van der Waals surface area contributed by atoms with Gasteiger partial charge < -0.3 is 10.2 Å². The summed E-state index contributed by atoms with van der Waals surface area (Å²) in [6.45, 7) is 6.68. The maximum Gasteiger partial charge on any atom is 0.0386 e. The lowest BCUT2D eigenvalue weighted by Crippen LogP contribution is -2.37. The maximum absolute atomic E-state index is 3.57. The van der Waals surface area contributed by atoms with Gasteiger partial charge in [-0.2, -0.15) is 11.8 Å². The quantitative estimate of drug-likeness (QED) is 0.783. The highest BCUT2D eigenvalue weighted by atomic mass is 32.2. The normalized spacial score (nSPS) is 15.1. The minimum atomic E-state index is 0.472. The van der Waals surface area contributed by atoms with Gasteiger partial charge in [0.05, 0.1) is 0 Å². The molecule has 1 N–H and O–H groups in total. The Morgan fingerprint density at radius 2 is 2.24 bits per heavy atom. The van der Waals surface area contributed by atoms with Crippen molar-refractivity contribution >= 4 is 23.1 Å². The number of rotatable bonds is 8. The molecule has 0 bridgehead atoms. The van der Waals surface area contributed by atoms with Gasteiger partial charge in [0.1, 0.15) is 0 Å². The van der Waals surface area contributed by atoms with Crippen LogP contribution in [0.15, 0.2) is 17.5 Å². The zero-order valence-electron chi connectivity index (χ0n) is 11.3. The van der Waals surface area contributed by atoms with Gasteiger partial charge in [0.2, 0.25) is 0 Å². The van der Waals surface area contributed by atoms with Gasteiger partial charge in [-0.25, -0.2) is 0 Å². The highest BCUT2D eigenvalue weighted by molar-refractivity contribution is 7.98. The minimum absolute atomic E-state index is 0.472. The third kappa shape index (κ3) is 5.42. The highest BCUT2D eigenvalue weighted by Crippen LogP contribution is 2.17. The Bertz CT molecular complexity index is 288. The lowest BCUT2D eigenvalue weighted by molar-refractivity contribution is 0.274. The van der Waals surface area contributed by atoms with E-state index in [0.29, 0.717) is 12.1 Å². The van der Waals surface area contributed by atoms with Crippen LogP contribution in [0.5, 0.6) is 0 Å². The van der Waals surface area contributed by atoms with E-state index in [2.05, 4.69) is 54.9 Å². The van der Waals surface area contributed by atoms with Gasteiger partial charge in [0.15, 0.2) is 0 Å². The Balaban J connectivity index is 2.19. The SMILES string of the molecule is CSCC(C)N(C)CCNC(C)c1cccs1. The summed E-state index contributed by atoms with van der Waals surface area (Å²) in [6.07, 6.45) is 2.17. The third-order valence-corrected chi connectivity index (χ3v) is 4.92. The molecular weight excluding hydrogens is 248 g/mol. The molecule has 0 amide bonds. The summed E-state index contributed by atoms with van der Waals surface area (Å²) in [5, 5.41) is 5.71. The molecule has 0 saturated heterocycles. The third-order valence-electron chi connectivity index (χ3n) is 3.05. The second kappa shape index (κ2) is 8.14. The van der Waals surface area contributed by atoms with E-state index in [-0.39, 0.29) is 0 Å². The van der Waals surface area contributed by atoms with Crippen LogP contribution in [0, 0.1) is 0 Å². The molecule has 0 saturated carbocycles. The van der Waals surface area contributed by atoms with Crippen LogP contribution in [0.3, 0.4) is 0 Å². The monoisotopic (exact) mass is 272 g/mol. The standard InChI is InChI=1S/C13H24N2S2/c1-11(10-16-4)15(3)8-7-14-12(2)13-6-5-9-17-13/h5-6,9,11-12,14H,7-8,10H2,1-4H3. The first-order chi connectivity index (χ1) is 8.15. The molecular formula is C13H24N2S2. The van der Waals surface area contributed by atoms with E-state index in [1.807, 2.05) is 23.1 Å². The largest absolute Gasteiger partial charge is 0.308 e. The van der Waals surface area contributed by atoms with E-state index in [9.17, 15) is 0 Å². The molecule has 0 aliphatic heterocycles. The summed E-state index contributed by atoms with van der Waals surface area (Å²) < 4.78 is 0. The van der Waals surface area contributed by atoms with Gasteiger partial charge in [-0.05, 0) is 38.6 Å². The minimum Gasteiger partial charge on any atom is -0.308 e. The van der Waals surface area contributed by atoms with Crippen molar-refractivity contribution < 1.29 is 0 Å². The molecule has 17 heavy (non-hydrogen) atoms. The summed E-state index contributed by atoms with van der Waals surface area (Å²) in [7, 11) is 2.21.